The van der Waals surface area contributed by atoms with E-state index < -0.39 is 12.1 Å². The number of amides is 4. The van der Waals surface area contributed by atoms with Crippen LogP contribution in [0.4, 0.5) is 4.79 Å². The Hall–Kier alpha value is -2.77. The van der Waals surface area contributed by atoms with Gasteiger partial charge in [-0.1, -0.05) is 6.07 Å². The molecule has 128 valence electrons. The predicted octanol–water partition coefficient (Wildman–Crippen LogP) is 0.752. The van der Waals surface area contributed by atoms with E-state index in [1.807, 2.05) is 25.1 Å². The molecule has 2 N–H and O–H groups in total. The largest absolute Gasteiger partial charge is 0.454 e. The second-order valence-electron chi connectivity index (χ2n) is 5.65. The summed E-state index contributed by atoms with van der Waals surface area (Å²) in [5, 5.41) is 4.65. The van der Waals surface area contributed by atoms with Crippen molar-refractivity contribution in [1.82, 2.24) is 15.5 Å². The summed E-state index contributed by atoms with van der Waals surface area (Å²) < 4.78 is 10.6. The number of rotatable bonds is 6. The smallest absolute Gasteiger partial charge is 0.322 e. The van der Waals surface area contributed by atoms with Gasteiger partial charge in [0.2, 0.25) is 12.7 Å². The number of imide groups is 1. The minimum absolute atomic E-state index is 0.0656. The average molecular weight is 333 g/mol. The van der Waals surface area contributed by atoms with Gasteiger partial charge in [-0.25, -0.2) is 4.79 Å². The summed E-state index contributed by atoms with van der Waals surface area (Å²) in [6.45, 7) is 3.12. The normalized spacial score (nSPS) is 18.3. The highest BCUT2D eigenvalue weighted by atomic mass is 16.7. The first-order chi connectivity index (χ1) is 11.6. The van der Waals surface area contributed by atoms with Crippen LogP contribution in [0.15, 0.2) is 18.2 Å². The Morgan fingerprint density at radius 1 is 1.29 bits per heavy atom. The first-order valence-electron chi connectivity index (χ1n) is 7.84. The lowest BCUT2D eigenvalue weighted by Gasteiger charge is -2.21. The third-order valence-corrected chi connectivity index (χ3v) is 4.05. The second kappa shape index (κ2) is 6.77. The predicted molar refractivity (Wildman–Crippen MR) is 83.4 cm³/mol. The van der Waals surface area contributed by atoms with Crippen molar-refractivity contribution >= 4 is 17.8 Å². The summed E-state index contributed by atoms with van der Waals surface area (Å²) >= 11 is 0. The fraction of sp³-hybridized carbons (Fsp3) is 0.438. The maximum atomic E-state index is 12.4. The summed E-state index contributed by atoms with van der Waals surface area (Å²) in [5.41, 5.74) is 0.946. The van der Waals surface area contributed by atoms with Crippen molar-refractivity contribution in [3.63, 3.8) is 0 Å². The Kier molecular flexibility index (Phi) is 4.54. The standard InChI is InChI=1S/C16H19N3O5/c1-2-19(8-10-3-5-12-13(7-10)24-9-23-12)14(20)6-4-11-15(21)18-16(22)17-11/h3,5,7,11H,2,4,6,8-9H2,1H3,(H2,17,18,21,22). The zero-order chi connectivity index (χ0) is 17.1. The van der Waals surface area contributed by atoms with E-state index in [1.165, 1.54) is 0 Å². The number of hydrogen-bond acceptors (Lipinski definition) is 5. The van der Waals surface area contributed by atoms with Crippen molar-refractivity contribution in [2.45, 2.75) is 32.4 Å². The van der Waals surface area contributed by atoms with Crippen LogP contribution in [0.25, 0.3) is 0 Å². The van der Waals surface area contributed by atoms with Crippen molar-refractivity contribution in [1.29, 1.82) is 0 Å². The average Bonchev–Trinajstić information content (AvgIpc) is 3.15. The van der Waals surface area contributed by atoms with Crippen LogP contribution in [0.5, 0.6) is 11.5 Å². The zero-order valence-electron chi connectivity index (χ0n) is 13.3. The number of ether oxygens (including phenoxy) is 2. The van der Waals surface area contributed by atoms with Gasteiger partial charge in [-0.05, 0) is 31.0 Å². The van der Waals surface area contributed by atoms with Gasteiger partial charge in [-0.2, -0.15) is 0 Å². The molecule has 0 radical (unpaired) electrons. The maximum Gasteiger partial charge on any atom is 0.322 e. The molecule has 0 saturated carbocycles. The summed E-state index contributed by atoms with van der Waals surface area (Å²) in [5.74, 6) is 0.938. The van der Waals surface area contributed by atoms with E-state index in [9.17, 15) is 14.4 Å². The number of carbonyl (C=O) groups is 3. The van der Waals surface area contributed by atoms with Gasteiger partial charge in [-0.15, -0.1) is 0 Å². The molecule has 4 amide bonds. The molecule has 1 saturated heterocycles. The van der Waals surface area contributed by atoms with E-state index in [1.54, 1.807) is 4.90 Å². The second-order valence-corrected chi connectivity index (χ2v) is 5.65. The molecule has 1 aromatic rings. The molecule has 1 fully saturated rings. The Balaban J connectivity index is 1.56. The topological polar surface area (TPSA) is 97.0 Å². The summed E-state index contributed by atoms with van der Waals surface area (Å²) in [4.78, 5) is 36.6. The van der Waals surface area contributed by atoms with Crippen molar-refractivity contribution in [2.75, 3.05) is 13.3 Å². The van der Waals surface area contributed by atoms with Gasteiger partial charge in [-0.3, -0.25) is 14.9 Å². The zero-order valence-corrected chi connectivity index (χ0v) is 13.3. The molecule has 0 aliphatic carbocycles. The van der Waals surface area contributed by atoms with Crippen molar-refractivity contribution < 1.29 is 23.9 Å². The molecule has 3 rings (SSSR count). The Labute approximate surface area is 139 Å². The monoisotopic (exact) mass is 333 g/mol. The van der Waals surface area contributed by atoms with Crippen LogP contribution in [0.2, 0.25) is 0 Å². The maximum absolute atomic E-state index is 12.4. The summed E-state index contributed by atoms with van der Waals surface area (Å²) in [6.07, 6.45) is 0.477. The molecule has 2 aliphatic rings. The first kappa shape index (κ1) is 16.1. The third-order valence-electron chi connectivity index (χ3n) is 4.05. The van der Waals surface area contributed by atoms with Crippen LogP contribution in [0.1, 0.15) is 25.3 Å². The molecule has 1 atom stereocenters. The number of carbonyl (C=O) groups excluding carboxylic acids is 3. The molecular formula is C16H19N3O5. The Bertz CT molecular complexity index is 676. The van der Waals surface area contributed by atoms with E-state index in [0.29, 0.717) is 24.6 Å². The van der Waals surface area contributed by atoms with Crippen molar-refractivity contribution in [3.05, 3.63) is 23.8 Å². The van der Waals surface area contributed by atoms with Crippen molar-refractivity contribution in [2.24, 2.45) is 0 Å². The molecule has 0 spiro atoms. The number of nitrogens with one attached hydrogen (secondary N) is 2. The molecule has 8 nitrogen and oxygen atoms in total. The Morgan fingerprint density at radius 3 is 2.79 bits per heavy atom. The minimum Gasteiger partial charge on any atom is -0.454 e. The van der Waals surface area contributed by atoms with E-state index in [4.69, 9.17) is 9.47 Å². The summed E-state index contributed by atoms with van der Waals surface area (Å²) in [6, 6.07) is 4.45. The lowest BCUT2D eigenvalue weighted by Crippen LogP contribution is -2.34. The van der Waals surface area contributed by atoms with Crippen LogP contribution in [0, 0.1) is 0 Å². The molecular weight excluding hydrogens is 314 g/mol. The molecule has 2 heterocycles. The quantitative estimate of drug-likeness (QED) is 0.749. The van der Waals surface area contributed by atoms with E-state index in [0.717, 1.165) is 5.56 Å². The number of hydrogen-bond donors (Lipinski definition) is 2. The number of benzene rings is 1. The number of fused-ring (bicyclic) bond motifs is 1. The molecule has 1 aromatic carbocycles. The molecule has 24 heavy (non-hydrogen) atoms. The minimum atomic E-state index is -0.634. The lowest BCUT2D eigenvalue weighted by molar-refractivity contribution is -0.132. The Morgan fingerprint density at radius 2 is 2.08 bits per heavy atom. The fourth-order valence-corrected chi connectivity index (χ4v) is 2.72. The fourth-order valence-electron chi connectivity index (χ4n) is 2.72. The molecule has 1 unspecified atom stereocenters. The highest BCUT2D eigenvalue weighted by Gasteiger charge is 2.30. The first-order valence-corrected chi connectivity index (χ1v) is 7.84. The summed E-state index contributed by atoms with van der Waals surface area (Å²) in [7, 11) is 0. The van der Waals surface area contributed by atoms with E-state index >= 15 is 0 Å². The van der Waals surface area contributed by atoms with Gasteiger partial charge in [0.15, 0.2) is 11.5 Å². The van der Waals surface area contributed by atoms with E-state index in [2.05, 4.69) is 10.6 Å². The SMILES string of the molecule is CCN(Cc1ccc2c(c1)OCO2)C(=O)CCC1NC(=O)NC1=O. The highest BCUT2D eigenvalue weighted by Crippen LogP contribution is 2.32. The van der Waals surface area contributed by atoms with Crippen LogP contribution in [0.3, 0.4) is 0 Å². The highest BCUT2D eigenvalue weighted by molar-refractivity contribution is 6.04. The molecule has 8 heteroatoms. The molecule has 0 bridgehead atoms. The van der Waals surface area contributed by atoms with E-state index in [-0.39, 0.29) is 31.4 Å². The molecule has 2 aliphatic heterocycles. The van der Waals surface area contributed by atoms with Crippen LogP contribution in [-0.2, 0) is 16.1 Å². The van der Waals surface area contributed by atoms with Gasteiger partial charge in [0, 0.05) is 19.5 Å². The number of nitrogens with zero attached hydrogens (tertiary/aromatic N) is 1. The van der Waals surface area contributed by atoms with Gasteiger partial charge < -0.3 is 19.7 Å². The van der Waals surface area contributed by atoms with Crippen molar-refractivity contribution in [3.8, 4) is 11.5 Å². The van der Waals surface area contributed by atoms with Gasteiger partial charge >= 0.3 is 6.03 Å². The van der Waals surface area contributed by atoms with Crippen LogP contribution in [-0.4, -0.2) is 42.1 Å². The van der Waals surface area contributed by atoms with Gasteiger partial charge in [0.05, 0.1) is 0 Å². The van der Waals surface area contributed by atoms with Crippen LogP contribution >= 0.6 is 0 Å². The van der Waals surface area contributed by atoms with Gasteiger partial charge in [0.1, 0.15) is 6.04 Å². The molecule has 0 aromatic heterocycles. The van der Waals surface area contributed by atoms with Gasteiger partial charge in [0.25, 0.3) is 5.91 Å². The number of urea groups is 1. The lowest BCUT2D eigenvalue weighted by atomic mass is 10.1. The third kappa shape index (κ3) is 3.42. The van der Waals surface area contributed by atoms with Crippen LogP contribution < -0.4 is 20.1 Å².